The van der Waals surface area contributed by atoms with E-state index < -0.39 is 5.97 Å². The Morgan fingerprint density at radius 3 is 1.89 bits per heavy atom. The monoisotopic (exact) mass is 461 g/mol. The number of carbonyl (C=O) groups is 1. The van der Waals surface area contributed by atoms with E-state index in [9.17, 15) is 4.79 Å². The molecule has 0 aromatic heterocycles. The molecule has 0 atom stereocenters. The molecule has 1 aliphatic rings. The van der Waals surface area contributed by atoms with Crippen LogP contribution in [0.4, 0.5) is 0 Å². The number of hydrogen-bond donors (Lipinski definition) is 0. The molecule has 0 aliphatic carbocycles. The van der Waals surface area contributed by atoms with Gasteiger partial charge in [-0.2, -0.15) is 0 Å². The minimum absolute atomic E-state index is 0.232. The van der Waals surface area contributed by atoms with Gasteiger partial charge in [0.1, 0.15) is 13.2 Å². The van der Waals surface area contributed by atoms with Crippen LogP contribution < -0.4 is 9.47 Å². The molecule has 0 saturated heterocycles. The molecule has 0 unspecified atom stereocenters. The molecule has 0 radical (unpaired) electrons. The second kappa shape index (κ2) is 10.5. The summed E-state index contributed by atoms with van der Waals surface area (Å²) in [5.74, 6) is 1.01. The fourth-order valence-electron chi connectivity index (χ4n) is 3.59. The van der Waals surface area contributed by atoms with Gasteiger partial charge in [0.25, 0.3) is 0 Å². The van der Waals surface area contributed by atoms with Crippen molar-refractivity contribution in [2.24, 2.45) is 4.99 Å². The van der Waals surface area contributed by atoms with E-state index >= 15 is 0 Å². The van der Waals surface area contributed by atoms with Crippen molar-refractivity contribution in [3.63, 3.8) is 0 Å². The highest BCUT2D eigenvalue weighted by Crippen LogP contribution is 2.31. The Balaban J connectivity index is 1.40. The Kier molecular flexibility index (Phi) is 6.67. The van der Waals surface area contributed by atoms with Gasteiger partial charge in [-0.1, -0.05) is 84.9 Å². The summed E-state index contributed by atoms with van der Waals surface area (Å²) in [6.07, 6.45) is 1.69. The van der Waals surface area contributed by atoms with Crippen molar-refractivity contribution in [1.82, 2.24) is 0 Å². The minimum atomic E-state index is -0.486. The molecule has 0 amide bonds. The largest absolute Gasteiger partial charge is 0.485 e. The standard InChI is InChI=1S/C30H23NO4/c32-30-26(31-29(35-30)25-14-8-3-9-15-25)18-24-16-17-27(33-20-22-10-4-1-5-11-22)28(19-24)34-21-23-12-6-2-7-13-23/h1-19H,20-21H2. The highest BCUT2D eigenvalue weighted by Gasteiger charge is 2.24. The first-order chi connectivity index (χ1) is 17.2. The van der Waals surface area contributed by atoms with Crippen molar-refractivity contribution in [3.05, 3.63) is 137 Å². The van der Waals surface area contributed by atoms with Crippen LogP contribution in [0.15, 0.2) is 120 Å². The molecule has 5 heteroatoms. The molecule has 172 valence electrons. The average Bonchev–Trinajstić information content (AvgIpc) is 3.28. The number of rotatable bonds is 8. The minimum Gasteiger partial charge on any atom is -0.485 e. The van der Waals surface area contributed by atoms with Gasteiger partial charge in [-0.25, -0.2) is 9.79 Å². The Morgan fingerprint density at radius 1 is 0.686 bits per heavy atom. The number of aliphatic imine (C=N–C) groups is 1. The Morgan fingerprint density at radius 2 is 1.26 bits per heavy atom. The maximum Gasteiger partial charge on any atom is 0.363 e. The number of cyclic esters (lactones) is 1. The quantitative estimate of drug-likeness (QED) is 0.232. The van der Waals surface area contributed by atoms with Gasteiger partial charge in [-0.3, -0.25) is 0 Å². The zero-order chi connectivity index (χ0) is 23.9. The first-order valence-corrected chi connectivity index (χ1v) is 11.3. The van der Waals surface area contributed by atoms with E-state index in [-0.39, 0.29) is 5.70 Å². The van der Waals surface area contributed by atoms with Crippen LogP contribution in [-0.4, -0.2) is 11.9 Å². The van der Waals surface area contributed by atoms with Crippen LogP contribution in [0.3, 0.4) is 0 Å². The second-order valence-electron chi connectivity index (χ2n) is 7.96. The predicted octanol–water partition coefficient (Wildman–Crippen LogP) is 6.19. The smallest absolute Gasteiger partial charge is 0.363 e. The van der Waals surface area contributed by atoms with Gasteiger partial charge in [0.15, 0.2) is 17.2 Å². The van der Waals surface area contributed by atoms with Crippen LogP contribution in [-0.2, 0) is 22.7 Å². The van der Waals surface area contributed by atoms with E-state index in [4.69, 9.17) is 14.2 Å². The van der Waals surface area contributed by atoms with Crippen LogP contribution >= 0.6 is 0 Å². The van der Waals surface area contributed by atoms with Crippen LogP contribution in [0.25, 0.3) is 6.08 Å². The predicted molar refractivity (Wildman–Crippen MR) is 135 cm³/mol. The summed E-state index contributed by atoms with van der Waals surface area (Å²) in [4.78, 5) is 16.8. The van der Waals surface area contributed by atoms with Crippen molar-refractivity contribution in [2.45, 2.75) is 13.2 Å². The molecule has 4 aromatic carbocycles. The lowest BCUT2D eigenvalue weighted by atomic mass is 10.1. The van der Waals surface area contributed by atoms with Gasteiger partial charge in [-0.15, -0.1) is 0 Å². The van der Waals surface area contributed by atoms with E-state index in [0.717, 1.165) is 22.3 Å². The molecule has 4 aromatic rings. The normalized spacial score (nSPS) is 13.9. The molecule has 5 nitrogen and oxygen atoms in total. The highest BCUT2D eigenvalue weighted by molar-refractivity contribution is 6.12. The van der Waals surface area contributed by atoms with Crippen LogP contribution in [0, 0.1) is 0 Å². The molecule has 0 saturated carbocycles. The lowest BCUT2D eigenvalue weighted by molar-refractivity contribution is -0.129. The van der Waals surface area contributed by atoms with Gasteiger partial charge in [0.2, 0.25) is 5.90 Å². The summed E-state index contributed by atoms with van der Waals surface area (Å²) in [6, 6.07) is 34.8. The van der Waals surface area contributed by atoms with E-state index in [1.807, 2.05) is 109 Å². The van der Waals surface area contributed by atoms with Crippen molar-refractivity contribution in [1.29, 1.82) is 0 Å². The van der Waals surface area contributed by atoms with Crippen molar-refractivity contribution in [3.8, 4) is 11.5 Å². The molecule has 0 spiro atoms. The third kappa shape index (κ3) is 5.65. The second-order valence-corrected chi connectivity index (χ2v) is 7.96. The Hall–Kier alpha value is -4.64. The molecular weight excluding hydrogens is 438 g/mol. The topological polar surface area (TPSA) is 57.1 Å². The van der Waals surface area contributed by atoms with Gasteiger partial charge in [0.05, 0.1) is 0 Å². The molecule has 5 rings (SSSR count). The average molecular weight is 462 g/mol. The first kappa shape index (κ1) is 22.2. The SMILES string of the molecule is O=C1OC(c2ccccc2)=NC1=Cc1ccc(OCc2ccccc2)c(OCc2ccccc2)c1. The van der Waals surface area contributed by atoms with E-state index in [1.165, 1.54) is 0 Å². The maximum atomic E-state index is 12.4. The van der Waals surface area contributed by atoms with Crippen molar-refractivity contribution >= 4 is 17.9 Å². The van der Waals surface area contributed by atoms with E-state index in [2.05, 4.69) is 4.99 Å². The molecule has 35 heavy (non-hydrogen) atoms. The van der Waals surface area contributed by atoms with Crippen LogP contribution in [0.1, 0.15) is 22.3 Å². The first-order valence-electron chi connectivity index (χ1n) is 11.3. The lowest BCUT2D eigenvalue weighted by Gasteiger charge is -2.14. The van der Waals surface area contributed by atoms with Gasteiger partial charge >= 0.3 is 5.97 Å². The molecule has 0 bridgehead atoms. The zero-order valence-electron chi connectivity index (χ0n) is 19.0. The zero-order valence-corrected chi connectivity index (χ0v) is 19.0. The van der Waals surface area contributed by atoms with Crippen molar-refractivity contribution in [2.75, 3.05) is 0 Å². The fraction of sp³-hybridized carbons (Fsp3) is 0.0667. The van der Waals surface area contributed by atoms with Crippen LogP contribution in [0.5, 0.6) is 11.5 Å². The number of esters is 1. The number of carbonyl (C=O) groups excluding carboxylic acids is 1. The van der Waals surface area contributed by atoms with Crippen LogP contribution in [0.2, 0.25) is 0 Å². The Bertz CT molecular complexity index is 1360. The number of hydrogen-bond acceptors (Lipinski definition) is 5. The summed E-state index contributed by atoms with van der Waals surface area (Å²) in [6.45, 7) is 0.806. The molecule has 0 N–H and O–H groups in total. The summed E-state index contributed by atoms with van der Waals surface area (Å²) in [7, 11) is 0. The third-order valence-corrected chi connectivity index (χ3v) is 5.39. The highest BCUT2D eigenvalue weighted by atomic mass is 16.6. The third-order valence-electron chi connectivity index (χ3n) is 5.39. The maximum absolute atomic E-state index is 12.4. The van der Waals surface area contributed by atoms with E-state index in [1.54, 1.807) is 6.08 Å². The molecule has 1 heterocycles. The summed E-state index contributed by atoms with van der Waals surface area (Å²) in [5, 5.41) is 0. The number of benzene rings is 4. The van der Waals surface area contributed by atoms with E-state index in [0.29, 0.717) is 30.6 Å². The number of nitrogens with zero attached hydrogens (tertiary/aromatic N) is 1. The lowest BCUT2D eigenvalue weighted by Crippen LogP contribution is -2.05. The summed E-state index contributed by atoms with van der Waals surface area (Å²) < 4.78 is 17.6. The van der Waals surface area contributed by atoms with Gasteiger partial charge < -0.3 is 14.2 Å². The Labute approximate surface area is 203 Å². The molecule has 0 fully saturated rings. The van der Waals surface area contributed by atoms with Gasteiger partial charge in [-0.05, 0) is 47.0 Å². The summed E-state index contributed by atoms with van der Waals surface area (Å²) in [5.41, 5.74) is 3.84. The number of ether oxygens (including phenoxy) is 3. The van der Waals surface area contributed by atoms with Crippen molar-refractivity contribution < 1.29 is 19.0 Å². The molecule has 1 aliphatic heterocycles. The fourth-order valence-corrected chi connectivity index (χ4v) is 3.59. The molecular formula is C30H23NO4. The van der Waals surface area contributed by atoms with Gasteiger partial charge in [0, 0.05) is 5.56 Å². The summed E-state index contributed by atoms with van der Waals surface area (Å²) >= 11 is 0.